The summed E-state index contributed by atoms with van der Waals surface area (Å²) in [6, 6.07) is 78.4. The van der Waals surface area contributed by atoms with Crippen LogP contribution in [0, 0.1) is 45.3 Å². The highest BCUT2D eigenvalue weighted by molar-refractivity contribution is 6.11. The first-order chi connectivity index (χ1) is 31.0. The average Bonchev–Trinajstić information content (AvgIpc) is 3.66. The largest absolute Gasteiger partial charge is 0.310 e. The Morgan fingerprint density at radius 3 is 1.14 bits per heavy atom. The zero-order chi connectivity index (χ0) is 42.9. The standard InChI is InChI=1S/C57H34N6/c58-35-39-15-23-45(24-16-39)62(46-25-17-40(36-59)18-26-46)49-31-32-52-53(33-49)57(43-9-3-1-4-10-43,44-11-5-2-6-12-44)54-34-55(50-13-7-8-14-51(50)56(52)54)63(47-27-19-41(37-60)20-28-47)48-29-21-42(38-61)22-30-48/h1-34H. The number of hydrogen-bond acceptors (Lipinski definition) is 6. The summed E-state index contributed by atoms with van der Waals surface area (Å²) in [5, 5.41) is 41.1. The lowest BCUT2D eigenvalue weighted by molar-refractivity contribution is 0.769. The molecule has 0 saturated carbocycles. The Hall–Kier alpha value is -9.20. The minimum absolute atomic E-state index is 0.562. The van der Waals surface area contributed by atoms with Crippen LogP contribution in [-0.4, -0.2) is 0 Å². The molecule has 0 atom stereocenters. The fourth-order valence-electron chi connectivity index (χ4n) is 9.25. The topological polar surface area (TPSA) is 102 Å². The summed E-state index contributed by atoms with van der Waals surface area (Å²) in [5.41, 5.74) is 13.4. The SMILES string of the molecule is N#Cc1ccc(N(c2ccc(C#N)cc2)c2ccc3c(c2)C(c2ccccc2)(c2ccccc2)c2cc(N(c4ccc(C#N)cc4)c4ccc(C#N)cc4)c4ccccc4c2-3)cc1. The third-order valence-electron chi connectivity index (χ3n) is 12.0. The van der Waals surface area contributed by atoms with Crippen LogP contribution in [0.3, 0.4) is 0 Å². The van der Waals surface area contributed by atoms with E-state index >= 15 is 0 Å². The van der Waals surface area contributed by atoms with Gasteiger partial charge in [0.15, 0.2) is 0 Å². The summed E-state index contributed by atoms with van der Waals surface area (Å²) in [5.74, 6) is 0. The van der Waals surface area contributed by atoms with Gasteiger partial charge in [-0.05, 0) is 154 Å². The third-order valence-corrected chi connectivity index (χ3v) is 12.0. The van der Waals surface area contributed by atoms with Gasteiger partial charge >= 0.3 is 0 Å². The number of hydrogen-bond donors (Lipinski definition) is 0. The lowest BCUT2D eigenvalue weighted by Crippen LogP contribution is -2.29. The molecule has 1 aliphatic rings. The highest BCUT2D eigenvalue weighted by Crippen LogP contribution is 2.60. The van der Waals surface area contributed by atoms with Gasteiger partial charge in [0.1, 0.15) is 0 Å². The molecule has 292 valence electrons. The van der Waals surface area contributed by atoms with E-state index < -0.39 is 5.41 Å². The highest BCUT2D eigenvalue weighted by atomic mass is 15.1. The van der Waals surface area contributed by atoms with Crippen LogP contribution in [0.5, 0.6) is 0 Å². The fourth-order valence-corrected chi connectivity index (χ4v) is 9.25. The molecule has 9 aromatic rings. The predicted octanol–water partition coefficient (Wildman–Crippen LogP) is 13.6. The van der Waals surface area contributed by atoms with Gasteiger partial charge in [0, 0.05) is 33.8 Å². The molecule has 0 aliphatic heterocycles. The van der Waals surface area contributed by atoms with Gasteiger partial charge in [-0.1, -0.05) is 91.0 Å². The molecule has 0 bridgehead atoms. The fraction of sp³-hybridized carbons (Fsp3) is 0.0175. The van der Waals surface area contributed by atoms with Crippen LogP contribution in [0.1, 0.15) is 44.5 Å². The van der Waals surface area contributed by atoms with Gasteiger partial charge < -0.3 is 9.80 Å². The Bertz CT molecular complexity index is 3200. The van der Waals surface area contributed by atoms with Crippen molar-refractivity contribution in [3.8, 4) is 35.4 Å². The van der Waals surface area contributed by atoms with Crippen LogP contribution in [0.2, 0.25) is 0 Å². The summed E-state index contributed by atoms with van der Waals surface area (Å²) >= 11 is 0. The van der Waals surface area contributed by atoms with Gasteiger partial charge in [0.25, 0.3) is 0 Å². The van der Waals surface area contributed by atoms with Gasteiger partial charge in [0.05, 0.1) is 57.6 Å². The first-order valence-electron chi connectivity index (χ1n) is 20.5. The summed E-state index contributed by atoms with van der Waals surface area (Å²) in [4.78, 5) is 4.39. The van der Waals surface area contributed by atoms with E-state index in [2.05, 4.69) is 143 Å². The highest BCUT2D eigenvalue weighted by Gasteiger charge is 2.48. The predicted molar refractivity (Wildman–Crippen MR) is 249 cm³/mol. The van der Waals surface area contributed by atoms with E-state index in [1.54, 1.807) is 0 Å². The lowest BCUT2D eigenvalue weighted by atomic mass is 9.67. The van der Waals surface area contributed by atoms with Gasteiger partial charge in [-0.2, -0.15) is 21.0 Å². The van der Waals surface area contributed by atoms with Crippen molar-refractivity contribution >= 4 is 44.9 Å². The Balaban J connectivity index is 1.31. The molecule has 0 saturated heterocycles. The van der Waals surface area contributed by atoms with Gasteiger partial charge in [-0.15, -0.1) is 0 Å². The van der Waals surface area contributed by atoms with Crippen LogP contribution >= 0.6 is 0 Å². The molecule has 1 aliphatic carbocycles. The molecular formula is C57H34N6. The van der Waals surface area contributed by atoms with Gasteiger partial charge in [0.2, 0.25) is 0 Å². The maximum atomic E-state index is 9.77. The monoisotopic (exact) mass is 802 g/mol. The van der Waals surface area contributed by atoms with Crippen molar-refractivity contribution in [2.75, 3.05) is 9.80 Å². The number of rotatable bonds is 8. The zero-order valence-corrected chi connectivity index (χ0v) is 33.8. The van der Waals surface area contributed by atoms with Crippen LogP contribution in [0.15, 0.2) is 206 Å². The summed E-state index contributed by atoms with van der Waals surface area (Å²) in [6.45, 7) is 0. The molecule has 0 aromatic heterocycles. The molecule has 0 N–H and O–H groups in total. The van der Waals surface area contributed by atoms with Gasteiger partial charge in [-0.3, -0.25) is 0 Å². The van der Waals surface area contributed by atoms with Crippen LogP contribution in [0.4, 0.5) is 34.1 Å². The number of fused-ring (bicyclic) bond motifs is 5. The molecule has 63 heavy (non-hydrogen) atoms. The minimum Gasteiger partial charge on any atom is -0.310 e. The second kappa shape index (κ2) is 15.8. The number of benzene rings is 9. The van der Waals surface area contributed by atoms with Crippen molar-refractivity contribution in [2.24, 2.45) is 0 Å². The first kappa shape index (κ1) is 38.0. The Kier molecular flexibility index (Phi) is 9.52. The van der Waals surface area contributed by atoms with Crippen molar-refractivity contribution < 1.29 is 0 Å². The maximum absolute atomic E-state index is 9.77. The molecule has 0 radical (unpaired) electrons. The van der Waals surface area contributed by atoms with Crippen molar-refractivity contribution in [1.82, 2.24) is 0 Å². The minimum atomic E-state index is -0.815. The molecular weight excluding hydrogens is 769 g/mol. The van der Waals surface area contributed by atoms with Crippen LogP contribution < -0.4 is 9.80 Å². The lowest BCUT2D eigenvalue weighted by Gasteiger charge is -2.36. The van der Waals surface area contributed by atoms with E-state index in [0.29, 0.717) is 22.3 Å². The van der Waals surface area contributed by atoms with Gasteiger partial charge in [-0.25, -0.2) is 0 Å². The smallest absolute Gasteiger partial charge is 0.0991 e. The van der Waals surface area contributed by atoms with Crippen LogP contribution in [-0.2, 0) is 5.41 Å². The molecule has 10 rings (SSSR count). The summed E-state index contributed by atoms with van der Waals surface area (Å²) in [7, 11) is 0. The van der Waals surface area contributed by atoms with E-state index in [1.807, 2.05) is 97.1 Å². The molecule has 0 amide bonds. The van der Waals surface area contributed by atoms with E-state index in [-0.39, 0.29) is 0 Å². The molecule has 0 heterocycles. The molecule has 0 fully saturated rings. The molecule has 6 nitrogen and oxygen atoms in total. The molecule has 6 heteroatoms. The molecule has 0 unspecified atom stereocenters. The number of nitrogens with zero attached hydrogens (tertiary/aromatic N) is 6. The molecule has 9 aromatic carbocycles. The molecule has 0 spiro atoms. The van der Waals surface area contributed by atoms with Crippen molar-refractivity contribution in [2.45, 2.75) is 5.41 Å². The summed E-state index contributed by atoms with van der Waals surface area (Å²) < 4.78 is 0. The van der Waals surface area contributed by atoms with E-state index in [1.165, 1.54) is 0 Å². The zero-order valence-electron chi connectivity index (χ0n) is 33.8. The quantitative estimate of drug-likeness (QED) is 0.152. The summed E-state index contributed by atoms with van der Waals surface area (Å²) in [6.07, 6.45) is 0. The van der Waals surface area contributed by atoms with Crippen molar-refractivity contribution in [3.63, 3.8) is 0 Å². The van der Waals surface area contributed by atoms with E-state index in [4.69, 9.17) is 0 Å². The second-order valence-corrected chi connectivity index (χ2v) is 15.4. The van der Waals surface area contributed by atoms with E-state index in [9.17, 15) is 21.0 Å². The second-order valence-electron chi connectivity index (χ2n) is 15.4. The Morgan fingerprint density at radius 2 is 0.714 bits per heavy atom. The number of nitriles is 4. The maximum Gasteiger partial charge on any atom is 0.0991 e. The Morgan fingerprint density at radius 1 is 0.333 bits per heavy atom. The third kappa shape index (κ3) is 6.32. The normalized spacial score (nSPS) is 11.9. The first-order valence-corrected chi connectivity index (χ1v) is 20.5. The Labute approximate surface area is 365 Å². The van der Waals surface area contributed by atoms with Crippen molar-refractivity contribution in [1.29, 1.82) is 21.0 Å². The van der Waals surface area contributed by atoms with Crippen molar-refractivity contribution in [3.05, 3.63) is 251 Å². The number of anilines is 6. The van der Waals surface area contributed by atoms with Crippen LogP contribution in [0.25, 0.3) is 21.9 Å². The average molecular weight is 803 g/mol. The van der Waals surface area contributed by atoms with E-state index in [0.717, 1.165) is 78.3 Å².